The number of nitrogens with one attached hydrogen (secondary N) is 2. The Kier molecular flexibility index (Phi) is 5.97. The maximum Gasteiger partial charge on any atom is 0.154 e. The molecule has 0 saturated heterocycles. The summed E-state index contributed by atoms with van der Waals surface area (Å²) >= 11 is 0. The molecule has 0 radical (unpaired) electrons. The molecule has 0 saturated carbocycles. The van der Waals surface area contributed by atoms with Gasteiger partial charge < -0.3 is 10.6 Å². The van der Waals surface area contributed by atoms with E-state index in [1.807, 2.05) is 14.1 Å². The molecule has 0 aliphatic carbocycles. The first-order chi connectivity index (χ1) is 3.41. The van der Waals surface area contributed by atoms with E-state index in [-0.39, 0.29) is 0 Å². The van der Waals surface area contributed by atoms with Gasteiger partial charge >= 0.3 is 0 Å². The zero-order chi connectivity index (χ0) is 5.54. The smallest absolute Gasteiger partial charge is 0.154 e. The molecule has 42 valence electrons. The van der Waals surface area contributed by atoms with Gasteiger partial charge in [-0.1, -0.05) is 0 Å². The molecule has 0 aromatic carbocycles. The van der Waals surface area contributed by atoms with Gasteiger partial charge in [0.1, 0.15) is 0 Å². The van der Waals surface area contributed by atoms with Gasteiger partial charge in [0.2, 0.25) is 0 Å². The second-order valence-corrected chi connectivity index (χ2v) is 1.56. The summed E-state index contributed by atoms with van der Waals surface area (Å²) in [4.78, 5) is 0. The summed E-state index contributed by atoms with van der Waals surface area (Å²) in [6.07, 6.45) is 2.22. The minimum Gasteiger partial charge on any atom is -0.327 e. The predicted molar refractivity (Wildman–Crippen MR) is 35.0 cm³/mol. The molecule has 2 nitrogen and oxygen atoms in total. The molecule has 0 amide bonds. The summed E-state index contributed by atoms with van der Waals surface area (Å²) in [7, 11) is 5.15. The third kappa shape index (κ3) is 5.98. The lowest BCUT2D eigenvalue weighted by molar-refractivity contribution is 0.922. The van der Waals surface area contributed by atoms with Gasteiger partial charge in [0.25, 0.3) is 0 Å². The van der Waals surface area contributed by atoms with Crippen molar-refractivity contribution in [3.05, 3.63) is 0 Å². The fourth-order valence-corrected chi connectivity index (χ4v) is 0.442. The van der Waals surface area contributed by atoms with Crippen LogP contribution in [-0.4, -0.2) is 34.3 Å². The monoisotopic (exact) mass is 100 g/mol. The minimum atomic E-state index is 1.11. The average Bonchev–Trinajstić information content (AvgIpc) is 1.69. The van der Waals surface area contributed by atoms with Gasteiger partial charge in [-0.05, 0) is 27.0 Å². The second kappa shape index (κ2) is 5.98. The molecule has 0 unspecified atom stereocenters. The van der Waals surface area contributed by atoms with Gasteiger partial charge in [0, 0.05) is 0 Å². The third-order valence-electron chi connectivity index (χ3n) is 0.854. The summed E-state index contributed by atoms with van der Waals surface area (Å²) in [5, 5.41) is 6.12. The van der Waals surface area contributed by atoms with Crippen LogP contribution in [-0.2, 0) is 0 Å². The Bertz CT molecular complexity index is 28.9. The molecule has 0 fully saturated rings. The fraction of sp³-hybridized carbons (Fsp3) is 1.00. The zero-order valence-electron chi connectivity index (χ0n) is 5.12. The molecule has 0 spiro atoms. The van der Waals surface area contributed by atoms with Crippen LogP contribution in [0.3, 0.4) is 0 Å². The minimum absolute atomic E-state index is 1.11. The van der Waals surface area contributed by atoms with Gasteiger partial charge in [-0.2, -0.15) is 0 Å². The van der Waals surface area contributed by atoms with Gasteiger partial charge in [-0.25, -0.2) is 0 Å². The molecule has 0 aliphatic rings. The van der Waals surface area contributed by atoms with Crippen LogP contribution in [0.25, 0.3) is 0 Å². The van der Waals surface area contributed by atoms with Crippen molar-refractivity contribution in [3.63, 3.8) is 0 Å². The lowest BCUT2D eigenvalue weighted by atomic mass is 9.79. The first-order valence-electron chi connectivity index (χ1n) is 2.71. The van der Waals surface area contributed by atoms with Crippen LogP contribution in [0.1, 0.15) is 0 Å². The lowest BCUT2D eigenvalue weighted by Gasteiger charge is -1.92. The van der Waals surface area contributed by atoms with Crippen LogP contribution in [0.5, 0.6) is 0 Å². The molecular formula is C4H13BN2. The Hall–Kier alpha value is -0.0151. The van der Waals surface area contributed by atoms with Crippen molar-refractivity contribution in [2.45, 2.75) is 0 Å². The van der Waals surface area contributed by atoms with Crippen LogP contribution in [0, 0.1) is 0 Å². The molecule has 0 bridgehead atoms. The summed E-state index contributed by atoms with van der Waals surface area (Å²) in [6.45, 7) is 0. The van der Waals surface area contributed by atoms with Crippen molar-refractivity contribution >= 4 is 7.28 Å². The molecule has 0 rings (SSSR count). The van der Waals surface area contributed by atoms with E-state index < -0.39 is 0 Å². The molecule has 7 heavy (non-hydrogen) atoms. The lowest BCUT2D eigenvalue weighted by Crippen LogP contribution is -2.24. The molecule has 0 atom stereocenters. The number of rotatable bonds is 4. The molecule has 0 aromatic rings. The maximum absolute atomic E-state index is 3.06. The van der Waals surface area contributed by atoms with Gasteiger partial charge in [0.15, 0.2) is 7.28 Å². The quantitative estimate of drug-likeness (QED) is 0.341. The SMILES string of the molecule is CNCBCNC. The second-order valence-electron chi connectivity index (χ2n) is 1.56. The highest BCUT2D eigenvalue weighted by atomic mass is 14.8. The molecule has 2 N–H and O–H groups in total. The fourth-order valence-electron chi connectivity index (χ4n) is 0.442. The third-order valence-corrected chi connectivity index (χ3v) is 0.854. The molecule has 0 heterocycles. The summed E-state index contributed by atoms with van der Waals surface area (Å²) < 4.78 is 0. The number of hydrogen-bond donors (Lipinski definition) is 2. The summed E-state index contributed by atoms with van der Waals surface area (Å²) in [6, 6.07) is 0. The Labute approximate surface area is 45.9 Å². The van der Waals surface area contributed by atoms with Crippen molar-refractivity contribution in [3.8, 4) is 0 Å². The van der Waals surface area contributed by atoms with E-state index in [1.54, 1.807) is 0 Å². The van der Waals surface area contributed by atoms with Crippen molar-refractivity contribution in [1.29, 1.82) is 0 Å². The van der Waals surface area contributed by atoms with E-state index in [0.29, 0.717) is 0 Å². The molecule has 0 aromatic heterocycles. The Morgan fingerprint density at radius 1 is 1.14 bits per heavy atom. The van der Waals surface area contributed by atoms with E-state index in [4.69, 9.17) is 0 Å². The van der Waals surface area contributed by atoms with Gasteiger partial charge in [-0.3, -0.25) is 0 Å². The molecular weight excluding hydrogens is 86.9 g/mol. The molecule has 3 heteroatoms. The van der Waals surface area contributed by atoms with Crippen LogP contribution in [0.4, 0.5) is 0 Å². The largest absolute Gasteiger partial charge is 0.327 e. The Balaban J connectivity index is 2.45. The van der Waals surface area contributed by atoms with Gasteiger partial charge in [-0.15, -0.1) is 0 Å². The maximum atomic E-state index is 3.06. The van der Waals surface area contributed by atoms with E-state index in [9.17, 15) is 0 Å². The molecule has 0 aliphatic heterocycles. The normalized spacial score (nSPS) is 8.86. The van der Waals surface area contributed by atoms with E-state index in [0.717, 1.165) is 12.9 Å². The van der Waals surface area contributed by atoms with Crippen molar-refractivity contribution in [2.24, 2.45) is 0 Å². The first-order valence-corrected chi connectivity index (χ1v) is 2.71. The van der Waals surface area contributed by atoms with E-state index in [1.165, 1.54) is 7.28 Å². The zero-order valence-corrected chi connectivity index (χ0v) is 5.12. The highest BCUT2D eigenvalue weighted by Gasteiger charge is 1.81. The van der Waals surface area contributed by atoms with Crippen LogP contribution < -0.4 is 10.6 Å². The predicted octanol–water partition coefficient (Wildman–Crippen LogP) is -1.22. The summed E-state index contributed by atoms with van der Waals surface area (Å²) in [5.74, 6) is 0. The highest BCUT2D eigenvalue weighted by molar-refractivity contribution is 6.35. The van der Waals surface area contributed by atoms with Gasteiger partial charge in [0.05, 0.1) is 0 Å². The Morgan fingerprint density at radius 2 is 1.57 bits per heavy atom. The van der Waals surface area contributed by atoms with E-state index >= 15 is 0 Å². The topological polar surface area (TPSA) is 24.1 Å². The van der Waals surface area contributed by atoms with E-state index in [2.05, 4.69) is 10.6 Å². The summed E-state index contributed by atoms with van der Waals surface area (Å²) in [5.41, 5.74) is 0. The average molecular weight is 100.0 g/mol. The van der Waals surface area contributed by atoms with Crippen LogP contribution in [0.2, 0.25) is 0 Å². The standard InChI is InChI=1S/C4H13BN2/c1-6-3-5-4-7-2/h5-7H,3-4H2,1-2H3. The van der Waals surface area contributed by atoms with Crippen molar-refractivity contribution in [2.75, 3.05) is 27.0 Å². The van der Waals surface area contributed by atoms with Crippen LogP contribution >= 0.6 is 0 Å². The highest BCUT2D eigenvalue weighted by Crippen LogP contribution is 1.49. The van der Waals surface area contributed by atoms with Crippen molar-refractivity contribution in [1.82, 2.24) is 10.6 Å². The number of hydrogen-bond acceptors (Lipinski definition) is 2. The Morgan fingerprint density at radius 3 is 1.86 bits per heavy atom. The first kappa shape index (κ1) is 6.98. The van der Waals surface area contributed by atoms with Crippen molar-refractivity contribution < 1.29 is 0 Å². The van der Waals surface area contributed by atoms with Crippen LogP contribution in [0.15, 0.2) is 0 Å².